The smallest absolute Gasteiger partial charge is 0.418 e. The van der Waals surface area contributed by atoms with Crippen molar-refractivity contribution in [2.24, 2.45) is 0 Å². The Morgan fingerprint density at radius 1 is 1.00 bits per heavy atom. The molecule has 0 N–H and O–H groups in total. The van der Waals surface area contributed by atoms with E-state index in [2.05, 4.69) is 15.2 Å². The van der Waals surface area contributed by atoms with Gasteiger partial charge in [0.2, 0.25) is 5.89 Å². The first-order chi connectivity index (χ1) is 19.6. The summed E-state index contributed by atoms with van der Waals surface area (Å²) in [6.07, 6.45) is -0.146. The van der Waals surface area contributed by atoms with Crippen molar-refractivity contribution in [1.82, 2.24) is 24.3 Å². The van der Waals surface area contributed by atoms with Gasteiger partial charge < -0.3 is 9.15 Å². The molecule has 2 aromatic carbocycles. The lowest BCUT2D eigenvalue weighted by Crippen LogP contribution is -2.26. The molecular formula is C29H23F2N5O4S. The van der Waals surface area contributed by atoms with Gasteiger partial charge in [0.15, 0.2) is 0 Å². The molecule has 6 rings (SSSR count). The van der Waals surface area contributed by atoms with E-state index in [4.69, 9.17) is 9.15 Å². The number of pyridine rings is 1. The number of fused-ring (bicyclic) bond motifs is 2. The van der Waals surface area contributed by atoms with Crippen LogP contribution in [0.15, 0.2) is 76.2 Å². The molecule has 9 nitrogen and oxygen atoms in total. The Hall–Kier alpha value is -4.71. The van der Waals surface area contributed by atoms with Crippen molar-refractivity contribution in [2.45, 2.75) is 39.3 Å². The third-order valence-corrected chi connectivity index (χ3v) is 7.24. The molecule has 0 fully saturated rings. The average molecular weight is 576 g/mol. The Labute approximate surface area is 235 Å². The number of benzene rings is 2. The number of carbonyl (C=O) groups is 1. The van der Waals surface area contributed by atoms with Crippen molar-refractivity contribution in [1.29, 1.82) is 0 Å². The van der Waals surface area contributed by atoms with Crippen molar-refractivity contribution in [3.05, 3.63) is 88.2 Å². The number of alkyl halides is 2. The van der Waals surface area contributed by atoms with E-state index < -0.39 is 24.0 Å². The lowest BCUT2D eigenvalue weighted by atomic mass is 10.0. The Morgan fingerprint density at radius 3 is 2.41 bits per heavy atom. The lowest BCUT2D eigenvalue weighted by Gasteiger charge is -2.19. The highest BCUT2D eigenvalue weighted by Crippen LogP contribution is 2.30. The zero-order chi connectivity index (χ0) is 28.9. The van der Waals surface area contributed by atoms with Gasteiger partial charge in [0, 0.05) is 17.8 Å². The molecule has 0 atom stereocenters. The standard InChI is InChI=1S/C29H23F2N5O4S/c1-29(2,3)40-27(37)35-11-10-18-12-16(5-8-21(18)35)17-6-9-22-23(13-17)41-28(38)36(22)15-20-7-4-19(14-32-20)25-33-34-26(39-25)24(30)31/h4-14,24H,15H2,1-3H3. The Morgan fingerprint density at radius 2 is 1.73 bits per heavy atom. The SMILES string of the molecule is CC(C)(C)OC(=O)n1ccc2cc(-c3ccc4c(c3)sc(=O)n4Cc3ccc(-c4nnc(C(F)F)o4)cn3)ccc21. The zero-order valence-corrected chi connectivity index (χ0v) is 23.0. The van der Waals surface area contributed by atoms with E-state index in [0.717, 1.165) is 43.6 Å². The molecule has 0 saturated heterocycles. The van der Waals surface area contributed by atoms with E-state index in [1.165, 1.54) is 10.8 Å². The molecule has 0 unspecified atom stereocenters. The van der Waals surface area contributed by atoms with Gasteiger partial charge in [-0.1, -0.05) is 23.5 Å². The van der Waals surface area contributed by atoms with Crippen molar-refractivity contribution in [3.63, 3.8) is 0 Å². The van der Waals surface area contributed by atoms with E-state index in [1.54, 1.807) is 22.9 Å². The molecule has 0 aliphatic rings. The molecule has 41 heavy (non-hydrogen) atoms. The molecule has 6 aromatic rings. The van der Waals surface area contributed by atoms with E-state index in [1.807, 2.05) is 63.2 Å². The number of hydrogen-bond donors (Lipinski definition) is 0. The van der Waals surface area contributed by atoms with Gasteiger partial charge >= 0.3 is 17.4 Å². The third-order valence-electron chi connectivity index (χ3n) is 6.30. The average Bonchev–Trinajstić information content (AvgIpc) is 3.65. The fourth-order valence-electron chi connectivity index (χ4n) is 4.43. The minimum absolute atomic E-state index is 0.0513. The second kappa shape index (κ2) is 10.0. The maximum Gasteiger partial charge on any atom is 0.418 e. The van der Waals surface area contributed by atoms with Crippen LogP contribution in [0.2, 0.25) is 0 Å². The highest BCUT2D eigenvalue weighted by molar-refractivity contribution is 7.16. The fraction of sp³-hybridized carbons (Fsp3) is 0.207. The normalized spacial score (nSPS) is 12.0. The first kappa shape index (κ1) is 26.5. The topological polar surface area (TPSA) is 105 Å². The number of nitrogens with zero attached hydrogens (tertiary/aromatic N) is 5. The second-order valence-electron chi connectivity index (χ2n) is 10.4. The van der Waals surface area contributed by atoms with E-state index in [9.17, 15) is 18.4 Å². The van der Waals surface area contributed by atoms with Crippen LogP contribution in [0, 0.1) is 0 Å². The summed E-state index contributed by atoms with van der Waals surface area (Å²) in [7, 11) is 0. The van der Waals surface area contributed by atoms with Crippen LogP contribution >= 0.6 is 11.3 Å². The number of ether oxygens (including phenoxy) is 1. The van der Waals surface area contributed by atoms with Crippen LogP contribution in [-0.2, 0) is 11.3 Å². The summed E-state index contributed by atoms with van der Waals surface area (Å²) in [5, 5.41) is 7.84. The summed E-state index contributed by atoms with van der Waals surface area (Å²) >= 11 is 1.14. The second-order valence-corrected chi connectivity index (χ2v) is 11.4. The van der Waals surface area contributed by atoms with Crippen LogP contribution in [-0.4, -0.2) is 36.0 Å². The molecule has 0 aliphatic heterocycles. The third kappa shape index (κ3) is 5.25. The summed E-state index contributed by atoms with van der Waals surface area (Å²) in [5.74, 6) is -0.802. The predicted molar refractivity (Wildman–Crippen MR) is 150 cm³/mol. The van der Waals surface area contributed by atoms with Crippen LogP contribution < -0.4 is 4.87 Å². The highest BCUT2D eigenvalue weighted by atomic mass is 32.1. The summed E-state index contributed by atoms with van der Waals surface area (Å²) in [5.41, 5.74) is 3.80. The first-order valence-corrected chi connectivity index (χ1v) is 13.4. The van der Waals surface area contributed by atoms with Gasteiger partial charge in [-0.15, -0.1) is 10.2 Å². The number of aromatic nitrogens is 5. The molecule has 0 bridgehead atoms. The Balaban J connectivity index is 1.24. The summed E-state index contributed by atoms with van der Waals surface area (Å²) in [4.78, 5) is 29.7. The summed E-state index contributed by atoms with van der Waals surface area (Å²) in [6.45, 7) is 5.71. The van der Waals surface area contributed by atoms with Gasteiger partial charge in [-0.2, -0.15) is 8.78 Å². The summed E-state index contributed by atoms with van der Waals surface area (Å²) in [6, 6.07) is 16.8. The van der Waals surface area contributed by atoms with Crippen LogP contribution in [0.4, 0.5) is 13.6 Å². The van der Waals surface area contributed by atoms with E-state index >= 15 is 0 Å². The molecule has 0 aliphatic carbocycles. The first-order valence-electron chi connectivity index (χ1n) is 12.6. The van der Waals surface area contributed by atoms with Gasteiger partial charge in [0.1, 0.15) is 5.60 Å². The number of rotatable bonds is 5. The maximum atomic E-state index is 12.9. The van der Waals surface area contributed by atoms with Gasteiger partial charge in [-0.05, 0) is 74.4 Å². The molecule has 4 aromatic heterocycles. The maximum absolute atomic E-state index is 12.9. The summed E-state index contributed by atoms with van der Waals surface area (Å²) < 4.78 is 39.9. The van der Waals surface area contributed by atoms with Crippen molar-refractivity contribution >= 4 is 38.5 Å². The lowest BCUT2D eigenvalue weighted by molar-refractivity contribution is 0.0544. The van der Waals surface area contributed by atoms with Crippen molar-refractivity contribution in [3.8, 4) is 22.6 Å². The predicted octanol–water partition coefficient (Wildman–Crippen LogP) is 6.90. The van der Waals surface area contributed by atoms with Gasteiger partial charge in [0.05, 0.1) is 33.5 Å². The van der Waals surface area contributed by atoms with Gasteiger partial charge in [0.25, 0.3) is 5.89 Å². The van der Waals surface area contributed by atoms with Crippen molar-refractivity contribution < 1.29 is 22.7 Å². The van der Waals surface area contributed by atoms with E-state index in [0.29, 0.717) is 11.3 Å². The quantitative estimate of drug-likeness (QED) is 0.220. The monoisotopic (exact) mass is 575 g/mol. The molecule has 0 radical (unpaired) electrons. The zero-order valence-electron chi connectivity index (χ0n) is 22.2. The molecule has 0 saturated carbocycles. The molecule has 12 heteroatoms. The van der Waals surface area contributed by atoms with Crippen LogP contribution in [0.5, 0.6) is 0 Å². The molecular weight excluding hydrogens is 552 g/mol. The number of carbonyl (C=O) groups excluding carboxylic acids is 1. The molecule has 0 spiro atoms. The van der Waals surface area contributed by atoms with Crippen LogP contribution in [0.1, 0.15) is 38.8 Å². The minimum Gasteiger partial charge on any atom is -0.443 e. The van der Waals surface area contributed by atoms with Gasteiger partial charge in [-0.25, -0.2) is 4.79 Å². The molecule has 208 valence electrons. The highest BCUT2D eigenvalue weighted by Gasteiger charge is 2.20. The fourth-order valence-corrected chi connectivity index (χ4v) is 5.36. The number of hydrogen-bond acceptors (Lipinski definition) is 8. The number of thiazole rings is 1. The van der Waals surface area contributed by atoms with Gasteiger partial charge in [-0.3, -0.25) is 18.9 Å². The molecule has 4 heterocycles. The van der Waals surface area contributed by atoms with E-state index in [-0.39, 0.29) is 17.3 Å². The van der Waals surface area contributed by atoms with Crippen LogP contribution in [0.25, 0.3) is 43.7 Å². The Bertz CT molecular complexity index is 1970. The minimum atomic E-state index is -2.85. The largest absolute Gasteiger partial charge is 0.443 e. The number of halogens is 2. The van der Waals surface area contributed by atoms with Crippen LogP contribution in [0.3, 0.4) is 0 Å². The Kier molecular flexibility index (Phi) is 6.49. The van der Waals surface area contributed by atoms with Crippen molar-refractivity contribution in [2.75, 3.05) is 0 Å². The molecule has 0 amide bonds.